The van der Waals surface area contributed by atoms with Gasteiger partial charge in [-0.2, -0.15) is 0 Å². The molecule has 0 N–H and O–H groups in total. The molecule has 0 fully saturated rings. The van der Waals surface area contributed by atoms with Gasteiger partial charge in [-0.1, -0.05) is 176 Å². The largest absolute Gasteiger partial charge is 0.456 e. The van der Waals surface area contributed by atoms with Gasteiger partial charge >= 0.3 is 0 Å². The van der Waals surface area contributed by atoms with E-state index in [4.69, 9.17) is 29.3 Å². The van der Waals surface area contributed by atoms with Gasteiger partial charge in [-0.25, -0.2) is 24.9 Å². The Hall–Kier alpha value is -8.61. The molecule has 14 rings (SSSR count). The Balaban J connectivity index is 0.924. The Bertz CT molecular complexity index is 3530. The van der Waals surface area contributed by atoms with E-state index in [1.54, 1.807) is 0 Å². The van der Waals surface area contributed by atoms with Gasteiger partial charge in [0, 0.05) is 56.2 Å². The van der Waals surface area contributed by atoms with Crippen LogP contribution in [0.25, 0.3) is 90.4 Å². The fraction of sp³-hybridized carbons (Fsp3) is 0.0339. The van der Waals surface area contributed by atoms with Crippen molar-refractivity contribution in [2.75, 3.05) is 0 Å². The van der Waals surface area contributed by atoms with Crippen molar-refractivity contribution in [3.8, 4) is 79.4 Å². The van der Waals surface area contributed by atoms with E-state index in [-0.39, 0.29) is 11.8 Å². The van der Waals surface area contributed by atoms with E-state index in [1.165, 1.54) is 33.4 Å². The molecule has 65 heavy (non-hydrogen) atoms. The van der Waals surface area contributed by atoms with Gasteiger partial charge in [0.15, 0.2) is 23.3 Å². The number of aromatic nitrogens is 5. The quantitative estimate of drug-likeness (QED) is 0.159. The first-order valence-electron chi connectivity index (χ1n) is 22.0. The SMILES string of the molecule is c1ccc(-c2nc(-c3cccc(-c4cc5ccccc5o4)c3)cc(-c3ccc4c(c3)C3c5ccccc5C4c4cc(-c5nc(-c6ccccc6)nc(-c6ccccc6)n5)ccc43)n2)cc1. The van der Waals surface area contributed by atoms with Crippen LogP contribution >= 0.6 is 0 Å². The lowest BCUT2D eigenvalue weighted by Crippen LogP contribution is -2.27. The lowest BCUT2D eigenvalue weighted by molar-refractivity contribution is 0.631. The number of para-hydroxylation sites is 1. The smallest absolute Gasteiger partial charge is 0.164 e. The number of hydrogen-bond donors (Lipinski definition) is 0. The van der Waals surface area contributed by atoms with E-state index >= 15 is 0 Å². The molecule has 0 aliphatic heterocycles. The molecule has 0 radical (unpaired) electrons. The van der Waals surface area contributed by atoms with Crippen molar-refractivity contribution in [2.45, 2.75) is 11.8 Å². The first kappa shape index (κ1) is 37.0. The van der Waals surface area contributed by atoms with Crippen molar-refractivity contribution in [3.63, 3.8) is 0 Å². The van der Waals surface area contributed by atoms with Crippen LogP contribution in [-0.4, -0.2) is 24.9 Å². The molecule has 2 atom stereocenters. The highest BCUT2D eigenvalue weighted by Crippen LogP contribution is 2.56. The van der Waals surface area contributed by atoms with Crippen LogP contribution in [0.1, 0.15) is 45.2 Å². The van der Waals surface area contributed by atoms with Crippen molar-refractivity contribution in [2.24, 2.45) is 0 Å². The van der Waals surface area contributed by atoms with Crippen molar-refractivity contribution in [3.05, 3.63) is 246 Å². The van der Waals surface area contributed by atoms with E-state index in [2.05, 4.69) is 115 Å². The monoisotopic (exact) mass is 831 g/mol. The lowest BCUT2D eigenvalue weighted by atomic mass is 9.60. The summed E-state index contributed by atoms with van der Waals surface area (Å²) in [5.41, 5.74) is 17.3. The summed E-state index contributed by atoms with van der Waals surface area (Å²) in [7, 11) is 0. The van der Waals surface area contributed by atoms with Crippen LogP contribution in [0.2, 0.25) is 0 Å². The Morgan fingerprint density at radius 2 is 0.708 bits per heavy atom. The number of hydrogen-bond acceptors (Lipinski definition) is 6. The minimum Gasteiger partial charge on any atom is -0.456 e. The van der Waals surface area contributed by atoms with Gasteiger partial charge in [-0.3, -0.25) is 0 Å². The summed E-state index contributed by atoms with van der Waals surface area (Å²) < 4.78 is 6.29. The molecule has 6 nitrogen and oxygen atoms in total. The molecule has 8 aromatic carbocycles. The predicted octanol–water partition coefficient (Wildman–Crippen LogP) is 14.1. The number of rotatable bonds is 7. The third-order valence-corrected chi connectivity index (χ3v) is 12.9. The average Bonchev–Trinajstić information content (AvgIpc) is 3.84. The summed E-state index contributed by atoms with van der Waals surface area (Å²) in [6.07, 6.45) is 0. The van der Waals surface area contributed by atoms with E-state index in [9.17, 15) is 0 Å². The standard InChI is InChI=1S/C59H37N5O/c1-4-15-36(16-5-1)56-60-50(39-22-14-23-41(31-39)53-34-42-21-10-13-26-52(42)65-53)35-51(61-56)40-27-29-46-48(32-40)54-44-24-11-12-25-45(44)55(46)49-33-43(28-30-47(49)54)59-63-57(37-17-6-2-7-18-37)62-58(64-59)38-19-8-3-9-20-38/h1-35,54-55H. The Morgan fingerprint density at radius 3 is 1.29 bits per heavy atom. The summed E-state index contributed by atoms with van der Waals surface area (Å²) in [5, 5.41) is 1.08. The molecule has 3 aliphatic carbocycles. The topological polar surface area (TPSA) is 77.6 Å². The Morgan fingerprint density at radius 1 is 0.277 bits per heavy atom. The van der Waals surface area contributed by atoms with Crippen LogP contribution in [-0.2, 0) is 0 Å². The predicted molar refractivity (Wildman–Crippen MR) is 258 cm³/mol. The molecule has 0 amide bonds. The van der Waals surface area contributed by atoms with E-state index in [0.29, 0.717) is 23.3 Å². The third kappa shape index (κ3) is 6.37. The summed E-state index contributed by atoms with van der Waals surface area (Å²) in [5.74, 6) is 3.55. The van der Waals surface area contributed by atoms with Crippen LogP contribution in [0, 0.1) is 0 Å². The maximum atomic E-state index is 6.29. The Labute approximate surface area is 375 Å². The van der Waals surface area contributed by atoms with Crippen LogP contribution in [0.3, 0.4) is 0 Å². The zero-order valence-electron chi connectivity index (χ0n) is 35.0. The van der Waals surface area contributed by atoms with Crippen LogP contribution < -0.4 is 0 Å². The molecular formula is C59H37N5O. The Kier molecular flexibility index (Phi) is 8.56. The summed E-state index contributed by atoms with van der Waals surface area (Å²) in [6.45, 7) is 0. The van der Waals surface area contributed by atoms with Gasteiger partial charge in [-0.15, -0.1) is 0 Å². The molecule has 0 saturated heterocycles. The van der Waals surface area contributed by atoms with Crippen molar-refractivity contribution in [1.29, 1.82) is 0 Å². The molecule has 2 unspecified atom stereocenters. The highest BCUT2D eigenvalue weighted by atomic mass is 16.3. The number of benzene rings is 8. The van der Waals surface area contributed by atoms with E-state index in [0.717, 1.165) is 67.1 Å². The molecular weight excluding hydrogens is 795 g/mol. The third-order valence-electron chi connectivity index (χ3n) is 12.9. The van der Waals surface area contributed by atoms with E-state index in [1.807, 2.05) is 97.1 Å². The van der Waals surface area contributed by atoms with Gasteiger partial charge in [0.25, 0.3) is 0 Å². The second kappa shape index (κ2) is 15.0. The maximum Gasteiger partial charge on any atom is 0.164 e. The number of nitrogens with zero attached hydrogens (tertiary/aromatic N) is 5. The average molecular weight is 832 g/mol. The second-order valence-corrected chi connectivity index (χ2v) is 16.8. The minimum absolute atomic E-state index is 0.0426. The molecule has 3 aliphatic rings. The molecule has 2 bridgehead atoms. The second-order valence-electron chi connectivity index (χ2n) is 16.8. The van der Waals surface area contributed by atoms with Crippen molar-refractivity contribution < 1.29 is 4.42 Å². The number of fused-ring (bicyclic) bond motifs is 1. The van der Waals surface area contributed by atoms with Gasteiger partial charge in [-0.05, 0) is 69.8 Å². The van der Waals surface area contributed by atoms with Crippen LogP contribution in [0.15, 0.2) is 217 Å². The van der Waals surface area contributed by atoms with Gasteiger partial charge in [0.1, 0.15) is 11.3 Å². The first-order valence-corrected chi connectivity index (χ1v) is 22.0. The summed E-state index contributed by atoms with van der Waals surface area (Å²) in [4.78, 5) is 25.6. The van der Waals surface area contributed by atoms with E-state index < -0.39 is 0 Å². The molecule has 3 heterocycles. The summed E-state index contributed by atoms with van der Waals surface area (Å²) in [6, 6.07) is 74.0. The maximum absolute atomic E-state index is 6.29. The van der Waals surface area contributed by atoms with Crippen LogP contribution in [0.5, 0.6) is 0 Å². The van der Waals surface area contributed by atoms with Crippen LogP contribution in [0.4, 0.5) is 0 Å². The molecule has 3 aromatic heterocycles. The number of furan rings is 1. The minimum atomic E-state index is 0.0426. The first-order chi connectivity index (χ1) is 32.2. The highest BCUT2D eigenvalue weighted by molar-refractivity contribution is 5.84. The summed E-state index contributed by atoms with van der Waals surface area (Å²) >= 11 is 0. The molecule has 6 heteroatoms. The van der Waals surface area contributed by atoms with Gasteiger partial charge in [0.05, 0.1) is 11.4 Å². The zero-order chi connectivity index (χ0) is 42.8. The normalized spacial score (nSPS) is 14.5. The lowest BCUT2D eigenvalue weighted by Gasteiger charge is -2.42. The zero-order valence-corrected chi connectivity index (χ0v) is 35.0. The molecule has 0 saturated carbocycles. The fourth-order valence-corrected chi connectivity index (χ4v) is 9.87. The molecule has 0 spiro atoms. The highest BCUT2D eigenvalue weighted by Gasteiger charge is 2.41. The van der Waals surface area contributed by atoms with Gasteiger partial charge < -0.3 is 4.42 Å². The van der Waals surface area contributed by atoms with Crippen molar-refractivity contribution in [1.82, 2.24) is 24.9 Å². The fourth-order valence-electron chi connectivity index (χ4n) is 9.87. The van der Waals surface area contributed by atoms with Crippen molar-refractivity contribution >= 4 is 11.0 Å². The molecule has 11 aromatic rings. The molecule has 304 valence electrons. The van der Waals surface area contributed by atoms with Gasteiger partial charge in [0.2, 0.25) is 0 Å².